The molecule has 0 aliphatic rings. The van der Waals surface area contributed by atoms with Crippen LogP contribution in [0.15, 0.2) is 12.1 Å². The van der Waals surface area contributed by atoms with Gasteiger partial charge in [0.1, 0.15) is 17.5 Å². The molecule has 0 bridgehead atoms. The summed E-state index contributed by atoms with van der Waals surface area (Å²) in [6.45, 7) is 6.18. The van der Waals surface area contributed by atoms with Crippen molar-refractivity contribution >= 4 is 0 Å². The lowest BCUT2D eigenvalue weighted by molar-refractivity contribution is -0.385. The topological polar surface area (TPSA) is 38.7 Å². The monoisotopic (exact) mass is 404 g/mol. The molecule has 0 heterocycles. The van der Waals surface area contributed by atoms with Crippen molar-refractivity contribution in [3.05, 3.63) is 35.1 Å². The molecule has 0 spiro atoms. The van der Waals surface area contributed by atoms with Crippen LogP contribution in [0.2, 0.25) is 0 Å². The van der Waals surface area contributed by atoms with Crippen molar-refractivity contribution in [2.24, 2.45) is 5.92 Å². The Morgan fingerprint density at radius 1 is 0.857 bits per heavy atom. The zero-order valence-electron chi connectivity index (χ0n) is 17.4. The standard InChI is InChI=1S/C22H35F3O3/c1-4-7-8-9-10-11-12-17(22(26,27-5-2)28-6-3)13-14-19-20(24)15-18(23)16-21(19)25/h15-17,26H,4-14H2,1-3H3. The first kappa shape index (κ1) is 24.9. The average molecular weight is 405 g/mol. The second-order valence-electron chi connectivity index (χ2n) is 7.14. The normalized spacial score (nSPS) is 13.1. The molecule has 0 radical (unpaired) electrons. The van der Waals surface area contributed by atoms with Gasteiger partial charge in [-0.15, -0.1) is 0 Å². The van der Waals surface area contributed by atoms with Crippen molar-refractivity contribution in [3.8, 4) is 0 Å². The quantitative estimate of drug-likeness (QED) is 0.283. The SMILES string of the molecule is CCCCCCCCC(CCc1c(F)cc(F)cc1F)C(O)(OCC)OCC. The Bertz CT molecular complexity index is 537. The number of unbranched alkanes of at least 4 members (excludes halogenated alkanes) is 5. The molecule has 6 heteroatoms. The molecule has 1 aromatic rings. The highest BCUT2D eigenvalue weighted by Gasteiger charge is 2.38. The molecule has 0 saturated heterocycles. The highest BCUT2D eigenvalue weighted by atomic mass is 19.1. The maximum Gasteiger partial charge on any atom is 0.283 e. The van der Waals surface area contributed by atoms with Gasteiger partial charge in [0.2, 0.25) is 0 Å². The Morgan fingerprint density at radius 3 is 1.93 bits per heavy atom. The predicted molar refractivity (Wildman–Crippen MR) is 104 cm³/mol. The molecule has 28 heavy (non-hydrogen) atoms. The van der Waals surface area contributed by atoms with Crippen LogP contribution in [-0.4, -0.2) is 24.3 Å². The molecule has 0 aliphatic heterocycles. The molecule has 0 saturated carbocycles. The lowest BCUT2D eigenvalue weighted by Crippen LogP contribution is -2.44. The average Bonchev–Trinajstić information content (AvgIpc) is 2.62. The summed E-state index contributed by atoms with van der Waals surface area (Å²) < 4.78 is 52.0. The fourth-order valence-electron chi connectivity index (χ4n) is 3.50. The molecule has 0 fully saturated rings. The minimum atomic E-state index is -1.79. The van der Waals surface area contributed by atoms with E-state index in [0.29, 0.717) is 18.6 Å². The van der Waals surface area contributed by atoms with E-state index in [2.05, 4.69) is 6.92 Å². The fraction of sp³-hybridized carbons (Fsp3) is 0.727. The molecule has 1 unspecified atom stereocenters. The van der Waals surface area contributed by atoms with Crippen molar-refractivity contribution < 1.29 is 27.8 Å². The Labute approximate surface area is 167 Å². The van der Waals surface area contributed by atoms with Gasteiger partial charge in [-0.3, -0.25) is 0 Å². The second kappa shape index (κ2) is 13.2. The molecule has 0 aliphatic carbocycles. The number of benzene rings is 1. The molecule has 0 aromatic heterocycles. The summed E-state index contributed by atoms with van der Waals surface area (Å²) in [5.74, 6) is -5.00. The Hall–Kier alpha value is -1.11. The van der Waals surface area contributed by atoms with E-state index in [1.165, 1.54) is 19.3 Å². The summed E-state index contributed by atoms with van der Waals surface area (Å²) in [4.78, 5) is 0. The third kappa shape index (κ3) is 8.10. The van der Waals surface area contributed by atoms with Gasteiger partial charge in [-0.25, -0.2) is 13.2 Å². The molecule has 162 valence electrons. The number of ether oxygens (including phenoxy) is 2. The zero-order valence-corrected chi connectivity index (χ0v) is 17.4. The summed E-state index contributed by atoms with van der Waals surface area (Å²) in [5, 5.41) is 10.9. The van der Waals surface area contributed by atoms with Crippen molar-refractivity contribution in [1.82, 2.24) is 0 Å². The van der Waals surface area contributed by atoms with Crippen LogP contribution in [0.1, 0.15) is 77.7 Å². The molecule has 3 nitrogen and oxygen atoms in total. The maximum atomic E-state index is 14.0. The van der Waals surface area contributed by atoms with E-state index < -0.39 is 29.3 Å². The summed E-state index contributed by atoms with van der Waals surface area (Å²) in [5.41, 5.74) is -0.176. The van der Waals surface area contributed by atoms with Gasteiger partial charge >= 0.3 is 0 Å². The third-order valence-electron chi connectivity index (χ3n) is 4.97. The summed E-state index contributed by atoms with van der Waals surface area (Å²) in [7, 11) is 0. The van der Waals surface area contributed by atoms with Crippen LogP contribution in [0.5, 0.6) is 0 Å². The van der Waals surface area contributed by atoms with Crippen LogP contribution in [0.25, 0.3) is 0 Å². The van der Waals surface area contributed by atoms with E-state index >= 15 is 0 Å². The first-order valence-electron chi connectivity index (χ1n) is 10.5. The highest BCUT2D eigenvalue weighted by Crippen LogP contribution is 2.31. The second-order valence-corrected chi connectivity index (χ2v) is 7.14. The van der Waals surface area contributed by atoms with Crippen LogP contribution in [0.3, 0.4) is 0 Å². The first-order chi connectivity index (χ1) is 13.4. The number of rotatable bonds is 15. The van der Waals surface area contributed by atoms with Gasteiger partial charge in [-0.2, -0.15) is 0 Å². The molecular formula is C22H35F3O3. The van der Waals surface area contributed by atoms with Crippen molar-refractivity contribution in [1.29, 1.82) is 0 Å². The largest absolute Gasteiger partial charge is 0.343 e. The van der Waals surface area contributed by atoms with E-state index in [0.717, 1.165) is 19.3 Å². The summed E-state index contributed by atoms with van der Waals surface area (Å²) in [6, 6.07) is 1.36. The van der Waals surface area contributed by atoms with Gasteiger partial charge in [0, 0.05) is 36.8 Å². The van der Waals surface area contributed by atoms with E-state index in [4.69, 9.17) is 9.47 Å². The van der Waals surface area contributed by atoms with Crippen LogP contribution in [0.4, 0.5) is 13.2 Å². The van der Waals surface area contributed by atoms with Gasteiger partial charge in [-0.05, 0) is 33.1 Å². The molecular weight excluding hydrogens is 369 g/mol. The summed E-state index contributed by atoms with van der Waals surface area (Å²) >= 11 is 0. The van der Waals surface area contributed by atoms with E-state index in [1.54, 1.807) is 13.8 Å². The zero-order chi connectivity index (χ0) is 21.0. The smallest absolute Gasteiger partial charge is 0.283 e. The number of hydrogen-bond donors (Lipinski definition) is 1. The van der Waals surface area contributed by atoms with Crippen LogP contribution in [-0.2, 0) is 15.9 Å². The van der Waals surface area contributed by atoms with Gasteiger partial charge in [0.15, 0.2) is 0 Å². The number of halogens is 3. The molecule has 1 N–H and O–H groups in total. The minimum Gasteiger partial charge on any atom is -0.343 e. The van der Waals surface area contributed by atoms with Gasteiger partial charge in [0.05, 0.1) is 0 Å². The molecule has 0 amide bonds. The Morgan fingerprint density at radius 2 is 1.39 bits per heavy atom. The van der Waals surface area contributed by atoms with Crippen molar-refractivity contribution in [3.63, 3.8) is 0 Å². The fourth-order valence-corrected chi connectivity index (χ4v) is 3.50. The lowest BCUT2D eigenvalue weighted by Gasteiger charge is -2.35. The predicted octanol–water partition coefficient (Wildman–Crippen LogP) is 6.12. The number of hydrogen-bond acceptors (Lipinski definition) is 3. The molecule has 1 rings (SSSR count). The van der Waals surface area contributed by atoms with E-state index in [-0.39, 0.29) is 31.6 Å². The van der Waals surface area contributed by atoms with Crippen molar-refractivity contribution in [2.75, 3.05) is 13.2 Å². The van der Waals surface area contributed by atoms with Gasteiger partial charge in [0.25, 0.3) is 5.97 Å². The minimum absolute atomic E-state index is 0.0287. The molecule has 1 atom stereocenters. The molecule has 1 aromatic carbocycles. The third-order valence-corrected chi connectivity index (χ3v) is 4.97. The van der Waals surface area contributed by atoms with Crippen LogP contribution in [0, 0.1) is 23.4 Å². The Kier molecular flexibility index (Phi) is 11.7. The number of aliphatic hydroxyl groups is 1. The van der Waals surface area contributed by atoms with E-state index in [1.807, 2.05) is 0 Å². The highest BCUT2D eigenvalue weighted by molar-refractivity contribution is 5.21. The Balaban J connectivity index is 2.81. The lowest BCUT2D eigenvalue weighted by atomic mass is 9.91. The van der Waals surface area contributed by atoms with Gasteiger partial charge in [-0.1, -0.05) is 45.4 Å². The van der Waals surface area contributed by atoms with Crippen LogP contribution < -0.4 is 0 Å². The first-order valence-corrected chi connectivity index (χ1v) is 10.5. The van der Waals surface area contributed by atoms with Crippen LogP contribution >= 0.6 is 0 Å². The van der Waals surface area contributed by atoms with Gasteiger partial charge < -0.3 is 14.6 Å². The maximum absolute atomic E-state index is 14.0. The van der Waals surface area contributed by atoms with Crippen molar-refractivity contribution in [2.45, 2.75) is 84.5 Å². The van der Waals surface area contributed by atoms with E-state index in [9.17, 15) is 18.3 Å². The summed E-state index contributed by atoms with van der Waals surface area (Å²) in [6.07, 6.45) is 7.46.